The lowest BCUT2D eigenvalue weighted by molar-refractivity contribution is -0.143. The summed E-state index contributed by atoms with van der Waals surface area (Å²) in [6.07, 6.45) is -3.71. The third-order valence-corrected chi connectivity index (χ3v) is 2.45. The molecule has 2 rings (SSSR count). The Hall–Kier alpha value is -1.89. The SMILES string of the molecule is O=c1cnc(-c2ccc(Cl)cc2)nn1CC(F)(F)F. The summed E-state index contributed by atoms with van der Waals surface area (Å²) in [5, 5.41) is 4.07. The standard InChI is InChI=1S/C11H7ClF3N3O/c12-8-3-1-7(2-4-8)10-16-5-9(19)18(17-10)6-11(13,14)15/h1-5H,6H2. The Morgan fingerprint density at radius 1 is 1.21 bits per heavy atom. The normalized spacial score (nSPS) is 11.6. The van der Waals surface area contributed by atoms with Crippen molar-refractivity contribution in [3.05, 3.63) is 45.8 Å². The molecule has 4 nitrogen and oxygen atoms in total. The average Bonchev–Trinajstić information content (AvgIpc) is 2.31. The zero-order valence-electron chi connectivity index (χ0n) is 9.36. The van der Waals surface area contributed by atoms with Gasteiger partial charge < -0.3 is 0 Å². The van der Waals surface area contributed by atoms with Crippen molar-refractivity contribution in [2.24, 2.45) is 0 Å². The van der Waals surface area contributed by atoms with Gasteiger partial charge in [0.2, 0.25) is 0 Å². The highest BCUT2D eigenvalue weighted by Gasteiger charge is 2.29. The maximum atomic E-state index is 12.3. The largest absolute Gasteiger partial charge is 0.408 e. The number of hydrogen-bond donors (Lipinski definition) is 0. The van der Waals surface area contributed by atoms with Crippen LogP contribution >= 0.6 is 11.6 Å². The first kappa shape index (κ1) is 13.5. The van der Waals surface area contributed by atoms with Crippen LogP contribution in [-0.2, 0) is 6.54 Å². The van der Waals surface area contributed by atoms with E-state index in [4.69, 9.17) is 11.6 Å². The van der Waals surface area contributed by atoms with Crippen LogP contribution in [0, 0.1) is 0 Å². The average molecular weight is 290 g/mol. The van der Waals surface area contributed by atoms with E-state index in [1.165, 1.54) is 0 Å². The molecule has 0 atom stereocenters. The second kappa shape index (κ2) is 5.00. The van der Waals surface area contributed by atoms with Gasteiger partial charge in [-0.2, -0.15) is 13.2 Å². The van der Waals surface area contributed by atoms with Gasteiger partial charge in [-0.15, -0.1) is 5.10 Å². The Morgan fingerprint density at radius 3 is 2.42 bits per heavy atom. The predicted molar refractivity (Wildman–Crippen MR) is 62.8 cm³/mol. The summed E-state index contributed by atoms with van der Waals surface area (Å²) in [7, 11) is 0. The van der Waals surface area contributed by atoms with Gasteiger partial charge in [0.1, 0.15) is 6.54 Å². The Kier molecular flexibility index (Phi) is 3.57. The van der Waals surface area contributed by atoms with Crippen molar-refractivity contribution in [1.82, 2.24) is 14.8 Å². The molecule has 1 aromatic carbocycles. The first-order chi connectivity index (χ1) is 8.85. The first-order valence-electron chi connectivity index (χ1n) is 5.12. The quantitative estimate of drug-likeness (QED) is 0.853. The van der Waals surface area contributed by atoms with Gasteiger partial charge in [-0.25, -0.2) is 9.67 Å². The molecule has 0 fully saturated rings. The second-order valence-electron chi connectivity index (χ2n) is 3.70. The van der Waals surface area contributed by atoms with Crippen molar-refractivity contribution in [2.45, 2.75) is 12.7 Å². The van der Waals surface area contributed by atoms with E-state index in [1.54, 1.807) is 24.3 Å². The number of halogens is 4. The minimum absolute atomic E-state index is 0.0283. The van der Waals surface area contributed by atoms with Crippen LogP contribution in [0.3, 0.4) is 0 Å². The molecule has 0 amide bonds. The molecular weight excluding hydrogens is 283 g/mol. The van der Waals surface area contributed by atoms with E-state index in [-0.39, 0.29) is 5.82 Å². The Labute approximate surface area is 110 Å². The van der Waals surface area contributed by atoms with E-state index in [0.29, 0.717) is 15.3 Å². The third kappa shape index (κ3) is 3.54. The van der Waals surface area contributed by atoms with Gasteiger partial charge >= 0.3 is 6.18 Å². The number of aromatic nitrogens is 3. The lowest BCUT2D eigenvalue weighted by Crippen LogP contribution is -2.30. The summed E-state index contributed by atoms with van der Waals surface area (Å²) >= 11 is 5.70. The molecule has 1 aromatic heterocycles. The number of nitrogens with zero attached hydrogens (tertiary/aromatic N) is 3. The maximum Gasteiger partial charge on any atom is 0.408 e. The maximum absolute atomic E-state index is 12.3. The summed E-state index contributed by atoms with van der Waals surface area (Å²) in [5.41, 5.74) is -0.435. The van der Waals surface area contributed by atoms with Crippen LogP contribution < -0.4 is 5.56 Å². The van der Waals surface area contributed by atoms with Crippen molar-refractivity contribution >= 4 is 11.6 Å². The number of hydrogen-bond acceptors (Lipinski definition) is 3. The van der Waals surface area contributed by atoms with Gasteiger partial charge in [-0.05, 0) is 24.3 Å². The summed E-state index contributed by atoms with van der Waals surface area (Å²) in [6.45, 7) is -1.45. The fourth-order valence-electron chi connectivity index (χ4n) is 1.39. The van der Waals surface area contributed by atoms with Gasteiger partial charge in [-0.3, -0.25) is 4.79 Å². The van der Waals surface area contributed by atoms with Gasteiger partial charge in [-0.1, -0.05) is 11.6 Å². The second-order valence-corrected chi connectivity index (χ2v) is 4.14. The molecule has 0 bridgehead atoms. The Bertz CT molecular complexity index is 637. The summed E-state index contributed by atoms with van der Waals surface area (Å²) in [6, 6.07) is 6.22. The topological polar surface area (TPSA) is 47.8 Å². The molecule has 0 aliphatic carbocycles. The highest BCUT2D eigenvalue weighted by Crippen LogP contribution is 2.18. The molecule has 1 heterocycles. The minimum atomic E-state index is -4.52. The molecular formula is C11H7ClF3N3O. The lowest BCUT2D eigenvalue weighted by atomic mass is 10.2. The van der Waals surface area contributed by atoms with Gasteiger partial charge in [0.25, 0.3) is 5.56 Å². The Balaban J connectivity index is 2.41. The highest BCUT2D eigenvalue weighted by molar-refractivity contribution is 6.30. The third-order valence-electron chi connectivity index (χ3n) is 2.20. The molecule has 8 heteroatoms. The van der Waals surface area contributed by atoms with Crippen LogP contribution in [0.5, 0.6) is 0 Å². The molecule has 2 aromatic rings. The molecule has 19 heavy (non-hydrogen) atoms. The minimum Gasteiger partial charge on any atom is -0.266 e. The summed E-state index contributed by atoms with van der Waals surface area (Å²) < 4.78 is 37.1. The number of rotatable bonds is 2. The molecule has 0 saturated carbocycles. The van der Waals surface area contributed by atoms with E-state index in [0.717, 1.165) is 6.20 Å². The highest BCUT2D eigenvalue weighted by atomic mass is 35.5. The molecule has 0 unspecified atom stereocenters. The molecule has 100 valence electrons. The number of benzene rings is 1. The zero-order valence-corrected chi connectivity index (χ0v) is 10.1. The van der Waals surface area contributed by atoms with Crippen LogP contribution in [0.1, 0.15) is 0 Å². The molecule has 0 spiro atoms. The van der Waals surface area contributed by atoms with Crippen LogP contribution in [0.25, 0.3) is 11.4 Å². The molecule has 0 aliphatic rings. The Morgan fingerprint density at radius 2 is 1.84 bits per heavy atom. The van der Waals surface area contributed by atoms with E-state index in [2.05, 4.69) is 10.1 Å². The number of alkyl halides is 3. The van der Waals surface area contributed by atoms with E-state index >= 15 is 0 Å². The van der Waals surface area contributed by atoms with Crippen LogP contribution in [0.2, 0.25) is 5.02 Å². The van der Waals surface area contributed by atoms with E-state index in [1.807, 2.05) is 0 Å². The predicted octanol–water partition coefficient (Wildman–Crippen LogP) is 2.52. The zero-order chi connectivity index (χ0) is 14.0. The van der Waals surface area contributed by atoms with Crippen molar-refractivity contribution in [2.75, 3.05) is 0 Å². The van der Waals surface area contributed by atoms with E-state index in [9.17, 15) is 18.0 Å². The smallest absolute Gasteiger partial charge is 0.266 e. The fraction of sp³-hybridized carbons (Fsp3) is 0.182. The fourth-order valence-corrected chi connectivity index (χ4v) is 1.51. The summed E-state index contributed by atoms with van der Waals surface area (Å²) in [4.78, 5) is 15.0. The summed E-state index contributed by atoms with van der Waals surface area (Å²) in [5.74, 6) is 0.0283. The van der Waals surface area contributed by atoms with Crippen molar-refractivity contribution in [3.63, 3.8) is 0 Å². The van der Waals surface area contributed by atoms with Crippen LogP contribution in [-0.4, -0.2) is 20.9 Å². The monoisotopic (exact) mass is 289 g/mol. The van der Waals surface area contributed by atoms with Crippen molar-refractivity contribution in [3.8, 4) is 11.4 Å². The van der Waals surface area contributed by atoms with Crippen LogP contribution in [0.4, 0.5) is 13.2 Å². The van der Waals surface area contributed by atoms with Gasteiger partial charge in [0, 0.05) is 10.6 Å². The van der Waals surface area contributed by atoms with Crippen LogP contribution in [0.15, 0.2) is 35.3 Å². The van der Waals surface area contributed by atoms with Crippen molar-refractivity contribution in [1.29, 1.82) is 0 Å². The van der Waals surface area contributed by atoms with E-state index < -0.39 is 18.3 Å². The van der Waals surface area contributed by atoms with Gasteiger partial charge in [0.15, 0.2) is 5.82 Å². The lowest BCUT2D eigenvalue weighted by Gasteiger charge is -2.08. The first-order valence-corrected chi connectivity index (χ1v) is 5.50. The molecule has 0 saturated heterocycles. The molecule has 0 radical (unpaired) electrons. The molecule has 0 aliphatic heterocycles. The molecule has 0 N–H and O–H groups in total. The van der Waals surface area contributed by atoms with Crippen molar-refractivity contribution < 1.29 is 13.2 Å². The van der Waals surface area contributed by atoms with Gasteiger partial charge in [0.05, 0.1) is 6.20 Å².